The van der Waals surface area contributed by atoms with Gasteiger partial charge in [-0.25, -0.2) is 4.57 Å². The number of halogens is 3. The molecule has 0 radical (unpaired) electrons. The van der Waals surface area contributed by atoms with Crippen LogP contribution in [0, 0.1) is 10.8 Å². The molecule has 11 heteroatoms. The van der Waals surface area contributed by atoms with Gasteiger partial charge in [-0.1, -0.05) is 45.8 Å². The summed E-state index contributed by atoms with van der Waals surface area (Å²) in [5, 5.41) is 3.38. The molecule has 1 aromatic carbocycles. The Morgan fingerprint density at radius 1 is 1.16 bits per heavy atom. The van der Waals surface area contributed by atoms with Gasteiger partial charge in [0.15, 0.2) is 0 Å². The van der Waals surface area contributed by atoms with Crippen LogP contribution >= 0.6 is 7.82 Å². The number of alkyl halides is 3. The van der Waals surface area contributed by atoms with Crippen LogP contribution in [0.4, 0.5) is 13.2 Å². The molecule has 0 atom stereocenters. The second-order valence-electron chi connectivity index (χ2n) is 8.99. The zero-order valence-electron chi connectivity index (χ0n) is 17.6. The number of hydrogen-bond acceptors (Lipinski definition) is 5. The molecule has 1 aliphatic heterocycles. The van der Waals surface area contributed by atoms with Crippen molar-refractivity contribution in [3.8, 4) is 17.0 Å². The van der Waals surface area contributed by atoms with Crippen LogP contribution in [0.3, 0.4) is 0 Å². The van der Waals surface area contributed by atoms with E-state index in [9.17, 15) is 27.5 Å². The van der Waals surface area contributed by atoms with Crippen molar-refractivity contribution in [2.45, 2.75) is 40.8 Å². The summed E-state index contributed by atoms with van der Waals surface area (Å²) in [6, 6.07) is 4.89. The summed E-state index contributed by atoms with van der Waals surface area (Å²) >= 11 is 0. The van der Waals surface area contributed by atoms with Gasteiger partial charge in [0.2, 0.25) is 5.76 Å². The minimum Gasteiger partial charge on any atom is -0.492 e. The van der Waals surface area contributed by atoms with Crippen LogP contribution in [0.2, 0.25) is 0 Å². The predicted molar refractivity (Wildman–Crippen MR) is 106 cm³/mol. The summed E-state index contributed by atoms with van der Waals surface area (Å²) in [6.45, 7) is 10.5. The van der Waals surface area contributed by atoms with E-state index in [-0.39, 0.29) is 27.8 Å². The van der Waals surface area contributed by atoms with Gasteiger partial charge in [-0.3, -0.25) is 9.79 Å². The van der Waals surface area contributed by atoms with E-state index >= 15 is 0 Å². The van der Waals surface area contributed by atoms with Crippen molar-refractivity contribution in [2.75, 3.05) is 6.61 Å². The Labute approximate surface area is 177 Å². The van der Waals surface area contributed by atoms with Gasteiger partial charge in [-0.05, 0) is 23.1 Å². The molecule has 0 aliphatic carbocycles. The van der Waals surface area contributed by atoms with E-state index in [2.05, 4.69) is 9.68 Å². The summed E-state index contributed by atoms with van der Waals surface area (Å²) in [5.74, 6) is -1.15. The van der Waals surface area contributed by atoms with Crippen molar-refractivity contribution >= 4 is 13.6 Å². The third-order valence-corrected chi connectivity index (χ3v) is 5.19. The Kier molecular flexibility index (Phi) is 5.57. The molecular formula is C20H23F3NO6P. The van der Waals surface area contributed by atoms with E-state index in [1.165, 1.54) is 12.1 Å². The van der Waals surface area contributed by atoms with Gasteiger partial charge in [0.05, 0.1) is 6.61 Å². The van der Waals surface area contributed by atoms with Gasteiger partial charge in [-0.15, -0.1) is 0 Å². The first-order valence-electron chi connectivity index (χ1n) is 9.31. The van der Waals surface area contributed by atoms with E-state index in [4.69, 9.17) is 9.26 Å². The van der Waals surface area contributed by atoms with Gasteiger partial charge < -0.3 is 13.8 Å². The van der Waals surface area contributed by atoms with Crippen molar-refractivity contribution in [2.24, 2.45) is 10.8 Å². The van der Waals surface area contributed by atoms with Gasteiger partial charge in [0.25, 0.3) is 0 Å². The van der Waals surface area contributed by atoms with Crippen LogP contribution in [0.5, 0.6) is 5.75 Å². The Morgan fingerprint density at radius 3 is 2.32 bits per heavy atom. The van der Waals surface area contributed by atoms with E-state index in [0.717, 1.165) is 5.57 Å². The molecule has 31 heavy (non-hydrogen) atoms. The topological polar surface area (TPSA) is 102 Å². The molecule has 0 fully saturated rings. The summed E-state index contributed by atoms with van der Waals surface area (Å²) in [4.78, 5) is 18.6. The first kappa shape index (κ1) is 23.4. The third kappa shape index (κ3) is 4.97. The fourth-order valence-electron chi connectivity index (χ4n) is 3.90. The summed E-state index contributed by atoms with van der Waals surface area (Å²) < 4.78 is 65.2. The Hall–Kier alpha value is -2.29. The fourth-order valence-corrected chi connectivity index (χ4v) is 4.31. The highest BCUT2D eigenvalue weighted by atomic mass is 31.2. The second-order valence-corrected chi connectivity index (χ2v) is 10.2. The van der Waals surface area contributed by atoms with Crippen LogP contribution in [0.25, 0.3) is 17.0 Å². The Morgan fingerprint density at radius 2 is 1.81 bits per heavy atom. The number of phosphoric ester groups is 1. The normalized spacial score (nSPS) is 17.1. The smallest absolute Gasteiger partial charge is 0.492 e. The average molecular weight is 461 g/mol. The molecular weight excluding hydrogens is 438 g/mol. The van der Waals surface area contributed by atoms with E-state index in [1.54, 1.807) is 6.07 Å². The predicted octanol–water partition coefficient (Wildman–Crippen LogP) is 5.65. The lowest BCUT2D eigenvalue weighted by molar-refractivity contribution is -0.155. The zero-order chi connectivity index (χ0) is 23.4. The summed E-state index contributed by atoms with van der Waals surface area (Å²) in [6.07, 6.45) is -4.76. The molecule has 7 nitrogen and oxygen atoms in total. The van der Waals surface area contributed by atoms with Crippen LogP contribution in [0.15, 0.2) is 34.4 Å². The number of rotatable bonds is 4. The first-order valence-corrected chi connectivity index (χ1v) is 10.8. The van der Waals surface area contributed by atoms with Crippen LogP contribution in [0.1, 0.15) is 45.9 Å². The number of ether oxygens (including phenoxy) is 1. The lowest BCUT2D eigenvalue weighted by Crippen LogP contribution is -2.24. The zero-order valence-corrected chi connectivity index (χ0v) is 18.5. The number of phosphoric acid groups is 1. The van der Waals surface area contributed by atoms with Crippen molar-refractivity contribution in [3.05, 3.63) is 41.2 Å². The highest BCUT2D eigenvalue weighted by Gasteiger charge is 2.41. The van der Waals surface area contributed by atoms with Crippen LogP contribution < -0.4 is 4.52 Å². The minimum atomic E-state index is -5.02. The molecule has 3 rings (SSSR count). The standard InChI is InChI=1S/C20H23F3NO6P/c1-18(2,3)17-16(28-10-19(17,4)5)11-6-7-12(14(8-11)30-31(25,26)27)13-9-15(29-24-13)20(21,22)23/h6-9H,10H2,1-5H3,(H2,25,26,27). The Bertz CT molecular complexity index is 1080. The number of nitrogens with zero attached hydrogens (tertiary/aromatic N) is 1. The molecule has 2 N–H and O–H groups in total. The van der Waals surface area contributed by atoms with Crippen molar-refractivity contribution in [3.63, 3.8) is 0 Å². The summed E-state index contributed by atoms with van der Waals surface area (Å²) in [5.41, 5.74) is 0.565. The minimum absolute atomic E-state index is 0.0681. The number of hydrogen-bond donors (Lipinski definition) is 2. The maximum atomic E-state index is 12.9. The quantitative estimate of drug-likeness (QED) is 0.568. The van der Waals surface area contributed by atoms with Crippen molar-refractivity contribution < 1.29 is 41.3 Å². The average Bonchev–Trinajstić information content (AvgIpc) is 3.16. The molecule has 0 saturated carbocycles. The van der Waals surface area contributed by atoms with Crippen LogP contribution in [-0.4, -0.2) is 21.6 Å². The van der Waals surface area contributed by atoms with E-state index in [1.807, 2.05) is 34.6 Å². The molecule has 1 aromatic heterocycles. The van der Waals surface area contributed by atoms with Crippen molar-refractivity contribution in [1.29, 1.82) is 0 Å². The van der Waals surface area contributed by atoms with E-state index in [0.29, 0.717) is 24.0 Å². The molecule has 0 saturated heterocycles. The van der Waals surface area contributed by atoms with Crippen molar-refractivity contribution in [1.82, 2.24) is 5.16 Å². The van der Waals surface area contributed by atoms with Gasteiger partial charge in [0, 0.05) is 22.6 Å². The highest BCUT2D eigenvalue weighted by Crippen LogP contribution is 2.51. The third-order valence-electron chi connectivity index (χ3n) is 4.76. The molecule has 2 aromatic rings. The van der Waals surface area contributed by atoms with Crippen LogP contribution in [-0.2, 0) is 15.5 Å². The molecule has 0 unspecified atom stereocenters. The SMILES string of the molecule is CC(C)(C)C1=C(c2ccc(-c3cc(C(F)(F)F)on3)c(OP(=O)(O)O)c2)OCC1(C)C. The number of benzene rings is 1. The lowest BCUT2D eigenvalue weighted by atomic mass is 9.71. The number of aromatic nitrogens is 1. The van der Waals surface area contributed by atoms with Gasteiger partial charge >= 0.3 is 14.0 Å². The fraction of sp³-hybridized carbons (Fsp3) is 0.450. The largest absolute Gasteiger partial charge is 0.524 e. The first-order chi connectivity index (χ1) is 14.0. The maximum Gasteiger partial charge on any atom is 0.524 e. The molecule has 2 heterocycles. The molecule has 0 bridgehead atoms. The van der Waals surface area contributed by atoms with E-state index < -0.39 is 19.8 Å². The molecule has 0 amide bonds. The molecule has 170 valence electrons. The second kappa shape index (κ2) is 7.39. The molecule has 0 spiro atoms. The highest BCUT2D eigenvalue weighted by molar-refractivity contribution is 7.46. The lowest BCUT2D eigenvalue weighted by Gasteiger charge is -2.31. The molecule has 1 aliphatic rings. The van der Waals surface area contributed by atoms with Gasteiger partial charge in [-0.2, -0.15) is 13.2 Å². The monoisotopic (exact) mass is 461 g/mol. The Balaban J connectivity index is 2.17. The maximum absolute atomic E-state index is 12.9. The summed E-state index contributed by atoms with van der Waals surface area (Å²) in [7, 11) is -5.02. The van der Waals surface area contributed by atoms with Gasteiger partial charge in [0.1, 0.15) is 17.2 Å².